The largest absolute Gasteiger partial charge is 0.285 e. The second kappa shape index (κ2) is 6.34. The number of nitrogens with one attached hydrogen (secondary N) is 1. The monoisotopic (exact) mass is 336 g/mol. The van der Waals surface area contributed by atoms with Crippen molar-refractivity contribution in [3.05, 3.63) is 30.5 Å². The predicted octanol–water partition coefficient (Wildman–Crippen LogP) is 0.537. The van der Waals surface area contributed by atoms with Gasteiger partial charge in [0.05, 0.1) is 17.6 Å². The summed E-state index contributed by atoms with van der Waals surface area (Å²) in [5, 5.41) is 6.73. The molecular formula is C14H20N6O2S. The van der Waals surface area contributed by atoms with Crippen LogP contribution in [0.3, 0.4) is 0 Å². The molecule has 0 aromatic carbocycles. The smallest absolute Gasteiger partial charge is 0.281 e. The highest BCUT2D eigenvalue weighted by atomic mass is 32.2. The highest BCUT2D eigenvalue weighted by Gasteiger charge is 2.33. The molecule has 2 aromatic heterocycles. The molecule has 2 aromatic rings. The molecule has 3 heterocycles. The first-order valence-electron chi connectivity index (χ1n) is 7.45. The van der Waals surface area contributed by atoms with Crippen LogP contribution in [0.4, 0.5) is 0 Å². The molecule has 0 radical (unpaired) electrons. The summed E-state index contributed by atoms with van der Waals surface area (Å²) in [4.78, 5) is 8.83. The van der Waals surface area contributed by atoms with E-state index in [0.717, 1.165) is 23.4 Å². The Kier molecular flexibility index (Phi) is 4.42. The van der Waals surface area contributed by atoms with Gasteiger partial charge in [0.25, 0.3) is 10.2 Å². The fourth-order valence-electron chi connectivity index (χ4n) is 2.82. The fraction of sp³-hybridized carbons (Fsp3) is 0.500. The van der Waals surface area contributed by atoms with E-state index in [1.165, 1.54) is 8.61 Å². The molecule has 0 bridgehead atoms. The predicted molar refractivity (Wildman–Crippen MR) is 85.6 cm³/mol. The van der Waals surface area contributed by atoms with Gasteiger partial charge in [-0.3, -0.25) is 15.1 Å². The van der Waals surface area contributed by atoms with Crippen molar-refractivity contribution in [2.24, 2.45) is 5.92 Å². The zero-order valence-electron chi connectivity index (χ0n) is 13.2. The summed E-state index contributed by atoms with van der Waals surface area (Å²) in [7, 11) is -0.224. The molecule has 23 heavy (non-hydrogen) atoms. The Labute approximate surface area is 135 Å². The summed E-state index contributed by atoms with van der Waals surface area (Å²) in [6.07, 6.45) is 8.35. The van der Waals surface area contributed by atoms with Crippen molar-refractivity contribution in [2.75, 3.05) is 27.2 Å². The molecule has 0 amide bonds. The third kappa shape index (κ3) is 3.26. The number of nitrogens with zero attached hydrogens (tertiary/aromatic N) is 5. The van der Waals surface area contributed by atoms with Gasteiger partial charge in [0.15, 0.2) is 0 Å². The lowest BCUT2D eigenvalue weighted by Gasteiger charge is -2.20. The maximum absolute atomic E-state index is 12.2. The van der Waals surface area contributed by atoms with Gasteiger partial charge >= 0.3 is 0 Å². The van der Waals surface area contributed by atoms with Crippen LogP contribution >= 0.6 is 0 Å². The number of rotatable bonds is 5. The average molecular weight is 336 g/mol. The van der Waals surface area contributed by atoms with E-state index < -0.39 is 10.2 Å². The number of aromatic amines is 1. The Morgan fingerprint density at radius 1 is 1.35 bits per heavy atom. The van der Waals surface area contributed by atoms with E-state index in [0.29, 0.717) is 19.5 Å². The molecule has 1 atom stereocenters. The lowest BCUT2D eigenvalue weighted by Crippen LogP contribution is -2.38. The molecule has 1 aliphatic rings. The van der Waals surface area contributed by atoms with Crippen molar-refractivity contribution in [1.82, 2.24) is 28.8 Å². The van der Waals surface area contributed by atoms with Crippen molar-refractivity contribution < 1.29 is 8.42 Å². The van der Waals surface area contributed by atoms with Gasteiger partial charge in [0, 0.05) is 51.3 Å². The van der Waals surface area contributed by atoms with E-state index in [9.17, 15) is 8.42 Å². The van der Waals surface area contributed by atoms with Crippen LogP contribution in [0.2, 0.25) is 0 Å². The van der Waals surface area contributed by atoms with E-state index >= 15 is 0 Å². The number of aromatic nitrogens is 4. The molecule has 1 fully saturated rings. The lowest BCUT2D eigenvalue weighted by molar-refractivity contribution is 0.409. The Morgan fingerprint density at radius 3 is 2.83 bits per heavy atom. The van der Waals surface area contributed by atoms with Crippen LogP contribution in [0.15, 0.2) is 24.8 Å². The maximum Gasteiger partial charge on any atom is 0.281 e. The summed E-state index contributed by atoms with van der Waals surface area (Å²) >= 11 is 0. The molecular weight excluding hydrogens is 316 g/mol. The molecule has 3 rings (SSSR count). The molecule has 0 aliphatic carbocycles. The highest BCUT2D eigenvalue weighted by molar-refractivity contribution is 7.86. The minimum atomic E-state index is -3.34. The van der Waals surface area contributed by atoms with Crippen molar-refractivity contribution >= 4 is 10.2 Å². The Balaban J connectivity index is 1.75. The molecule has 124 valence electrons. The maximum atomic E-state index is 12.2. The zero-order valence-corrected chi connectivity index (χ0v) is 14.0. The first-order valence-corrected chi connectivity index (χ1v) is 8.85. The second-order valence-corrected chi connectivity index (χ2v) is 7.99. The summed E-state index contributed by atoms with van der Waals surface area (Å²) in [5.74, 6) is 0.243. The van der Waals surface area contributed by atoms with Gasteiger partial charge < -0.3 is 0 Å². The lowest BCUT2D eigenvalue weighted by atomic mass is 10.00. The van der Waals surface area contributed by atoms with Gasteiger partial charge in [0.2, 0.25) is 0 Å². The topological polar surface area (TPSA) is 95.1 Å². The Bertz CT molecular complexity index is 759. The average Bonchev–Trinajstić information content (AvgIpc) is 3.19. The Hall–Kier alpha value is -1.84. The molecule has 8 nitrogen and oxygen atoms in total. The van der Waals surface area contributed by atoms with E-state index in [-0.39, 0.29) is 5.92 Å². The molecule has 1 N–H and O–H groups in total. The standard InChI is InChI=1S/C14H20N6O2S/c1-19(2)23(21,22)20-6-3-11(10-20)7-13-14(16-5-4-15-13)12-8-17-18-9-12/h4-5,8-9,11H,3,6-7,10H2,1-2H3,(H,17,18)/t11-/m0/s1. The number of hydrogen-bond donors (Lipinski definition) is 1. The SMILES string of the molecule is CN(C)S(=O)(=O)N1CC[C@@H](Cc2nccnc2-c2cn[nH]c2)C1. The summed E-state index contributed by atoms with van der Waals surface area (Å²) in [6, 6.07) is 0. The fourth-order valence-corrected chi connectivity index (χ4v) is 4.01. The van der Waals surface area contributed by atoms with E-state index in [1.807, 2.05) is 0 Å². The van der Waals surface area contributed by atoms with Crippen LogP contribution in [0, 0.1) is 5.92 Å². The van der Waals surface area contributed by atoms with E-state index in [4.69, 9.17) is 0 Å². The third-order valence-electron chi connectivity index (χ3n) is 4.06. The summed E-state index contributed by atoms with van der Waals surface area (Å²) in [5.41, 5.74) is 2.57. The first kappa shape index (κ1) is 16.0. The molecule has 0 saturated carbocycles. The van der Waals surface area contributed by atoms with Gasteiger partial charge in [-0.15, -0.1) is 0 Å². The third-order valence-corrected chi connectivity index (χ3v) is 5.97. The van der Waals surface area contributed by atoms with Gasteiger partial charge in [-0.2, -0.15) is 22.1 Å². The minimum Gasteiger partial charge on any atom is -0.285 e. The van der Waals surface area contributed by atoms with Gasteiger partial charge in [-0.25, -0.2) is 0 Å². The van der Waals surface area contributed by atoms with Crippen LogP contribution < -0.4 is 0 Å². The first-order chi connectivity index (χ1) is 11.0. The van der Waals surface area contributed by atoms with E-state index in [1.54, 1.807) is 38.9 Å². The Morgan fingerprint density at radius 2 is 2.13 bits per heavy atom. The van der Waals surface area contributed by atoms with Crippen molar-refractivity contribution in [2.45, 2.75) is 12.8 Å². The van der Waals surface area contributed by atoms with Gasteiger partial charge in [0.1, 0.15) is 0 Å². The second-order valence-electron chi connectivity index (χ2n) is 5.85. The summed E-state index contributed by atoms with van der Waals surface area (Å²) in [6.45, 7) is 1.06. The number of hydrogen-bond acceptors (Lipinski definition) is 5. The molecule has 0 spiro atoms. The van der Waals surface area contributed by atoms with Crippen LogP contribution in [0.5, 0.6) is 0 Å². The van der Waals surface area contributed by atoms with E-state index in [2.05, 4.69) is 20.2 Å². The van der Waals surface area contributed by atoms with Crippen LogP contribution in [-0.4, -0.2) is 64.4 Å². The zero-order chi connectivity index (χ0) is 16.4. The van der Waals surface area contributed by atoms with Crippen molar-refractivity contribution in [1.29, 1.82) is 0 Å². The van der Waals surface area contributed by atoms with Crippen LogP contribution in [0.1, 0.15) is 12.1 Å². The van der Waals surface area contributed by atoms with Crippen molar-refractivity contribution in [3.8, 4) is 11.3 Å². The van der Waals surface area contributed by atoms with Crippen LogP contribution in [0.25, 0.3) is 11.3 Å². The van der Waals surface area contributed by atoms with Gasteiger partial charge in [-0.05, 0) is 18.8 Å². The molecule has 1 saturated heterocycles. The molecule has 1 aliphatic heterocycles. The van der Waals surface area contributed by atoms with Crippen molar-refractivity contribution in [3.63, 3.8) is 0 Å². The van der Waals surface area contributed by atoms with Crippen LogP contribution in [-0.2, 0) is 16.6 Å². The normalized spacial score (nSPS) is 19.5. The summed E-state index contributed by atoms with van der Waals surface area (Å²) < 4.78 is 27.2. The number of H-pyrrole nitrogens is 1. The molecule has 0 unspecified atom stereocenters. The minimum absolute atomic E-state index is 0.243. The molecule has 9 heteroatoms. The van der Waals surface area contributed by atoms with Gasteiger partial charge in [-0.1, -0.05) is 0 Å². The highest BCUT2D eigenvalue weighted by Crippen LogP contribution is 2.26. The quantitative estimate of drug-likeness (QED) is 0.860.